The molecule has 0 spiro atoms. The molecular formula is C32H26Cl2N2O. The number of hydrogen-bond acceptors (Lipinski definition) is 3. The molecule has 0 fully saturated rings. The zero-order valence-electron chi connectivity index (χ0n) is 20.1. The maximum atomic E-state index is 6.23. The lowest BCUT2D eigenvalue weighted by atomic mass is 9.77. The van der Waals surface area contributed by atoms with Gasteiger partial charge in [-0.3, -0.25) is 4.99 Å². The summed E-state index contributed by atoms with van der Waals surface area (Å²) in [5, 5.41) is 5.01. The average Bonchev–Trinajstić information content (AvgIpc) is 3.42. The number of rotatable bonds is 6. The standard InChI is InChI=1S/C32H26Cl2N2O/c33-24-13-10-23(30(34)18-24)20-37-26-16-8-21(9-17-26)19-35-25-14-11-22(12-15-25)32-29-6-3-5-27(29)28-4-1-2-7-31(28)36-32/h1-5,7-19,27,29,32,36H,6,20H2/t27-,29+,32+/m1/s1. The van der Waals surface area contributed by atoms with Crippen molar-refractivity contribution in [1.82, 2.24) is 0 Å². The molecule has 1 aliphatic carbocycles. The molecule has 4 aromatic carbocycles. The molecule has 3 atom stereocenters. The van der Waals surface area contributed by atoms with Crippen molar-refractivity contribution in [3.05, 3.63) is 135 Å². The Balaban J connectivity index is 1.10. The number of anilines is 1. The first-order valence-electron chi connectivity index (χ1n) is 12.5. The number of benzene rings is 4. The summed E-state index contributed by atoms with van der Waals surface area (Å²) in [6.07, 6.45) is 7.68. The number of para-hydroxylation sites is 1. The Hall–Kier alpha value is -3.53. The zero-order valence-corrected chi connectivity index (χ0v) is 21.7. The minimum absolute atomic E-state index is 0.295. The Kier molecular flexibility index (Phi) is 6.73. The maximum absolute atomic E-state index is 6.23. The molecule has 0 saturated carbocycles. The van der Waals surface area contributed by atoms with Gasteiger partial charge in [-0.15, -0.1) is 0 Å². The summed E-state index contributed by atoms with van der Waals surface area (Å²) < 4.78 is 5.87. The molecule has 184 valence electrons. The van der Waals surface area contributed by atoms with Gasteiger partial charge in [0.2, 0.25) is 0 Å². The Morgan fingerprint density at radius 3 is 2.54 bits per heavy atom. The summed E-state index contributed by atoms with van der Waals surface area (Å²) in [5.74, 6) is 1.80. The van der Waals surface area contributed by atoms with Gasteiger partial charge in [0.15, 0.2) is 0 Å². The highest BCUT2D eigenvalue weighted by molar-refractivity contribution is 6.35. The van der Waals surface area contributed by atoms with Gasteiger partial charge in [-0.25, -0.2) is 0 Å². The van der Waals surface area contributed by atoms with Gasteiger partial charge in [-0.1, -0.05) is 71.8 Å². The van der Waals surface area contributed by atoms with E-state index in [9.17, 15) is 0 Å². The van der Waals surface area contributed by atoms with Crippen molar-refractivity contribution in [2.75, 3.05) is 5.32 Å². The quantitative estimate of drug-likeness (QED) is 0.201. The van der Waals surface area contributed by atoms with Crippen LogP contribution in [-0.2, 0) is 6.61 Å². The Bertz CT molecular complexity index is 1460. The molecule has 0 bridgehead atoms. The fraction of sp³-hybridized carbons (Fsp3) is 0.156. The van der Waals surface area contributed by atoms with Crippen molar-refractivity contribution in [2.45, 2.75) is 25.0 Å². The van der Waals surface area contributed by atoms with Crippen LogP contribution in [0.2, 0.25) is 10.0 Å². The molecule has 6 rings (SSSR count). The summed E-state index contributed by atoms with van der Waals surface area (Å²) in [4.78, 5) is 4.68. The van der Waals surface area contributed by atoms with Crippen LogP contribution < -0.4 is 10.1 Å². The van der Waals surface area contributed by atoms with Crippen LogP contribution in [-0.4, -0.2) is 6.21 Å². The summed E-state index contributed by atoms with van der Waals surface area (Å²) in [5.41, 5.74) is 6.78. The molecule has 2 aliphatic rings. The molecule has 0 unspecified atom stereocenters. The fourth-order valence-electron chi connectivity index (χ4n) is 5.24. The van der Waals surface area contributed by atoms with Gasteiger partial charge in [0.25, 0.3) is 0 Å². The second kappa shape index (κ2) is 10.5. The zero-order chi connectivity index (χ0) is 25.2. The highest BCUT2D eigenvalue weighted by Crippen LogP contribution is 2.49. The van der Waals surface area contributed by atoms with Crippen molar-refractivity contribution in [3.63, 3.8) is 0 Å². The predicted octanol–water partition coefficient (Wildman–Crippen LogP) is 9.15. The first-order valence-corrected chi connectivity index (χ1v) is 13.2. The molecule has 1 N–H and O–H groups in total. The Labute approximate surface area is 227 Å². The first-order chi connectivity index (χ1) is 18.1. The van der Waals surface area contributed by atoms with Crippen molar-refractivity contribution in [3.8, 4) is 5.75 Å². The summed E-state index contributed by atoms with van der Waals surface area (Å²) >= 11 is 12.2. The van der Waals surface area contributed by atoms with Gasteiger partial charge in [0, 0.05) is 33.4 Å². The van der Waals surface area contributed by atoms with Crippen molar-refractivity contribution in [2.24, 2.45) is 10.9 Å². The van der Waals surface area contributed by atoms with E-state index in [4.69, 9.17) is 27.9 Å². The molecule has 0 saturated heterocycles. The third kappa shape index (κ3) is 5.16. The van der Waals surface area contributed by atoms with E-state index >= 15 is 0 Å². The molecule has 3 nitrogen and oxygen atoms in total. The molecule has 5 heteroatoms. The number of allylic oxidation sites excluding steroid dienone is 2. The number of aliphatic imine (C=N–C) groups is 1. The molecule has 1 aliphatic heterocycles. The van der Waals surface area contributed by atoms with E-state index in [1.165, 1.54) is 16.8 Å². The van der Waals surface area contributed by atoms with Crippen molar-refractivity contribution >= 4 is 40.8 Å². The highest BCUT2D eigenvalue weighted by Gasteiger charge is 2.37. The molecule has 1 heterocycles. The largest absolute Gasteiger partial charge is 0.489 e. The lowest BCUT2D eigenvalue weighted by Crippen LogP contribution is -2.28. The van der Waals surface area contributed by atoms with E-state index in [-0.39, 0.29) is 0 Å². The van der Waals surface area contributed by atoms with Crippen LogP contribution >= 0.6 is 23.2 Å². The van der Waals surface area contributed by atoms with Gasteiger partial charge in [-0.2, -0.15) is 0 Å². The number of nitrogens with one attached hydrogen (secondary N) is 1. The van der Waals surface area contributed by atoms with E-state index < -0.39 is 0 Å². The van der Waals surface area contributed by atoms with E-state index in [2.05, 4.69) is 71.0 Å². The molecule has 0 aromatic heterocycles. The molecule has 4 aromatic rings. The number of ether oxygens (including phenoxy) is 1. The Morgan fingerprint density at radius 2 is 1.73 bits per heavy atom. The number of halogens is 2. The van der Waals surface area contributed by atoms with Crippen LogP contribution in [0.25, 0.3) is 0 Å². The van der Waals surface area contributed by atoms with Crippen LogP contribution in [0.15, 0.2) is 108 Å². The van der Waals surface area contributed by atoms with E-state index in [1.807, 2.05) is 42.6 Å². The minimum atomic E-state index is 0.295. The topological polar surface area (TPSA) is 33.6 Å². The maximum Gasteiger partial charge on any atom is 0.119 e. The van der Waals surface area contributed by atoms with E-state index in [0.29, 0.717) is 34.5 Å². The Morgan fingerprint density at radius 1 is 0.919 bits per heavy atom. The third-order valence-electron chi connectivity index (χ3n) is 7.18. The first kappa shape index (κ1) is 23.8. The van der Waals surface area contributed by atoms with Crippen molar-refractivity contribution in [1.29, 1.82) is 0 Å². The van der Waals surface area contributed by atoms with Gasteiger partial charge in [-0.05, 0) is 83.6 Å². The number of nitrogens with zero attached hydrogens (tertiary/aromatic N) is 1. The summed E-state index contributed by atoms with van der Waals surface area (Å²) in [7, 11) is 0. The molecule has 0 radical (unpaired) electrons. The van der Waals surface area contributed by atoms with Gasteiger partial charge in [0.1, 0.15) is 12.4 Å². The van der Waals surface area contributed by atoms with Crippen LogP contribution in [0.3, 0.4) is 0 Å². The average molecular weight is 525 g/mol. The van der Waals surface area contributed by atoms with Crippen LogP contribution in [0.4, 0.5) is 11.4 Å². The van der Waals surface area contributed by atoms with Crippen molar-refractivity contribution < 1.29 is 4.74 Å². The summed E-state index contributed by atoms with van der Waals surface area (Å²) in [6.45, 7) is 0.384. The third-order valence-corrected chi connectivity index (χ3v) is 7.76. The lowest BCUT2D eigenvalue weighted by Gasteiger charge is -2.37. The molecule has 37 heavy (non-hydrogen) atoms. The number of hydrogen-bond donors (Lipinski definition) is 1. The van der Waals surface area contributed by atoms with Crippen LogP contribution in [0.5, 0.6) is 5.75 Å². The van der Waals surface area contributed by atoms with E-state index in [1.54, 1.807) is 6.07 Å². The van der Waals surface area contributed by atoms with Crippen LogP contribution in [0, 0.1) is 5.92 Å². The minimum Gasteiger partial charge on any atom is -0.489 e. The molecule has 0 amide bonds. The predicted molar refractivity (Wildman–Crippen MR) is 154 cm³/mol. The highest BCUT2D eigenvalue weighted by atomic mass is 35.5. The second-order valence-corrected chi connectivity index (χ2v) is 10.3. The monoisotopic (exact) mass is 524 g/mol. The summed E-state index contributed by atoms with van der Waals surface area (Å²) in [6, 6.07) is 30.8. The normalized spacial score (nSPS) is 19.9. The fourth-order valence-corrected chi connectivity index (χ4v) is 5.70. The van der Waals surface area contributed by atoms with Gasteiger partial charge in [0.05, 0.1) is 11.7 Å². The van der Waals surface area contributed by atoms with Gasteiger partial charge < -0.3 is 10.1 Å². The van der Waals surface area contributed by atoms with Gasteiger partial charge >= 0.3 is 0 Å². The SMILES string of the molecule is Clc1ccc(COc2ccc(C=Nc3ccc([C@@H]4Nc5ccccc5[C@H]5C=CC[C@@H]54)cc3)cc2)c(Cl)c1. The lowest BCUT2D eigenvalue weighted by molar-refractivity contribution is 0.306. The number of fused-ring (bicyclic) bond motifs is 3. The second-order valence-electron chi connectivity index (χ2n) is 9.51. The van der Waals surface area contributed by atoms with Crippen LogP contribution in [0.1, 0.15) is 40.6 Å². The molecular weight excluding hydrogens is 499 g/mol. The van der Waals surface area contributed by atoms with E-state index in [0.717, 1.165) is 29.0 Å². The smallest absolute Gasteiger partial charge is 0.119 e.